The highest BCUT2D eigenvalue weighted by molar-refractivity contribution is 5.35. The zero-order valence-corrected chi connectivity index (χ0v) is 10.6. The molecule has 1 aliphatic carbocycles. The van der Waals surface area contributed by atoms with Crippen molar-refractivity contribution < 1.29 is 9.84 Å². The first-order valence-corrected chi connectivity index (χ1v) is 6.26. The van der Waals surface area contributed by atoms with E-state index in [1.54, 1.807) is 7.11 Å². The van der Waals surface area contributed by atoms with Crippen LogP contribution in [0.4, 0.5) is 0 Å². The SMILES string of the molecule is CCN(CCOC)C1Cc2ccccc2C1O. The summed E-state index contributed by atoms with van der Waals surface area (Å²) >= 11 is 0. The van der Waals surface area contributed by atoms with E-state index in [4.69, 9.17) is 4.74 Å². The van der Waals surface area contributed by atoms with Gasteiger partial charge < -0.3 is 9.84 Å². The standard InChI is InChI=1S/C14H21NO2/c1-3-15(8-9-17-2)13-10-11-6-4-5-7-12(11)14(13)16/h4-7,13-14,16H,3,8-10H2,1-2H3. The lowest BCUT2D eigenvalue weighted by molar-refractivity contribution is 0.0467. The van der Waals surface area contributed by atoms with Gasteiger partial charge in [0.2, 0.25) is 0 Å². The molecule has 17 heavy (non-hydrogen) atoms. The fourth-order valence-electron chi connectivity index (χ4n) is 2.65. The highest BCUT2D eigenvalue weighted by Crippen LogP contribution is 2.34. The molecule has 1 aromatic rings. The van der Waals surface area contributed by atoms with Crippen molar-refractivity contribution in [3.63, 3.8) is 0 Å². The van der Waals surface area contributed by atoms with Gasteiger partial charge in [-0.2, -0.15) is 0 Å². The van der Waals surface area contributed by atoms with Crippen molar-refractivity contribution in [1.29, 1.82) is 0 Å². The Balaban J connectivity index is 2.09. The number of fused-ring (bicyclic) bond motifs is 1. The Morgan fingerprint density at radius 3 is 2.82 bits per heavy atom. The molecule has 0 fully saturated rings. The third kappa shape index (κ3) is 2.51. The van der Waals surface area contributed by atoms with Gasteiger partial charge in [0.1, 0.15) is 0 Å². The van der Waals surface area contributed by atoms with Gasteiger partial charge in [0, 0.05) is 19.7 Å². The van der Waals surface area contributed by atoms with Crippen molar-refractivity contribution in [2.45, 2.75) is 25.5 Å². The molecule has 0 amide bonds. The van der Waals surface area contributed by atoms with E-state index in [9.17, 15) is 5.11 Å². The smallest absolute Gasteiger partial charge is 0.0951 e. The van der Waals surface area contributed by atoms with Crippen molar-refractivity contribution in [2.75, 3.05) is 26.8 Å². The molecule has 1 aromatic carbocycles. The molecular formula is C14H21NO2. The van der Waals surface area contributed by atoms with Crippen LogP contribution in [0.5, 0.6) is 0 Å². The summed E-state index contributed by atoms with van der Waals surface area (Å²) in [5, 5.41) is 10.4. The summed E-state index contributed by atoms with van der Waals surface area (Å²) in [5.74, 6) is 0. The van der Waals surface area contributed by atoms with Crippen LogP contribution in [0.2, 0.25) is 0 Å². The number of likely N-dealkylation sites (N-methyl/N-ethyl adjacent to an activating group) is 1. The molecule has 2 unspecified atom stereocenters. The average molecular weight is 235 g/mol. The quantitative estimate of drug-likeness (QED) is 0.841. The minimum atomic E-state index is -0.358. The predicted molar refractivity (Wildman–Crippen MR) is 68.0 cm³/mol. The fourth-order valence-corrected chi connectivity index (χ4v) is 2.65. The number of benzene rings is 1. The van der Waals surface area contributed by atoms with Crippen molar-refractivity contribution >= 4 is 0 Å². The van der Waals surface area contributed by atoms with E-state index in [2.05, 4.69) is 17.9 Å². The number of nitrogens with zero attached hydrogens (tertiary/aromatic N) is 1. The topological polar surface area (TPSA) is 32.7 Å². The summed E-state index contributed by atoms with van der Waals surface area (Å²) in [6.07, 6.45) is 0.581. The van der Waals surface area contributed by atoms with Gasteiger partial charge in [0.05, 0.1) is 12.7 Å². The number of hydrogen-bond donors (Lipinski definition) is 1. The molecule has 0 heterocycles. The maximum absolute atomic E-state index is 10.4. The lowest BCUT2D eigenvalue weighted by Crippen LogP contribution is -2.40. The summed E-state index contributed by atoms with van der Waals surface area (Å²) in [7, 11) is 1.72. The van der Waals surface area contributed by atoms with Crippen LogP contribution < -0.4 is 0 Å². The molecule has 0 saturated carbocycles. The summed E-state index contributed by atoms with van der Waals surface area (Å²) in [6, 6.07) is 8.38. The second-order valence-corrected chi connectivity index (χ2v) is 4.54. The number of ether oxygens (including phenoxy) is 1. The fraction of sp³-hybridized carbons (Fsp3) is 0.571. The van der Waals surface area contributed by atoms with Crippen molar-refractivity contribution in [3.05, 3.63) is 35.4 Å². The van der Waals surface area contributed by atoms with Gasteiger partial charge in [-0.25, -0.2) is 0 Å². The Kier molecular flexibility index (Phi) is 4.15. The third-order valence-electron chi connectivity index (χ3n) is 3.63. The zero-order chi connectivity index (χ0) is 12.3. The molecule has 2 rings (SSSR count). The summed E-state index contributed by atoms with van der Waals surface area (Å²) in [5.41, 5.74) is 2.37. The van der Waals surface area contributed by atoms with Crippen LogP contribution in [0.25, 0.3) is 0 Å². The van der Waals surface area contributed by atoms with E-state index in [0.717, 1.165) is 25.1 Å². The maximum atomic E-state index is 10.4. The summed E-state index contributed by atoms with van der Waals surface area (Å²) in [4.78, 5) is 2.30. The normalized spacial score (nSPS) is 23.1. The van der Waals surface area contributed by atoms with Crippen LogP contribution in [0.15, 0.2) is 24.3 Å². The molecule has 94 valence electrons. The van der Waals surface area contributed by atoms with E-state index in [1.165, 1.54) is 5.56 Å². The van der Waals surface area contributed by atoms with Crippen LogP contribution in [0, 0.1) is 0 Å². The van der Waals surface area contributed by atoms with Gasteiger partial charge in [0.25, 0.3) is 0 Å². The van der Waals surface area contributed by atoms with E-state index in [1.807, 2.05) is 18.2 Å². The van der Waals surface area contributed by atoms with Gasteiger partial charge >= 0.3 is 0 Å². The second-order valence-electron chi connectivity index (χ2n) is 4.54. The minimum Gasteiger partial charge on any atom is -0.387 e. The Labute approximate surface area is 103 Å². The molecule has 2 atom stereocenters. The molecule has 1 aliphatic rings. The Bertz CT molecular complexity index is 367. The van der Waals surface area contributed by atoms with Gasteiger partial charge in [-0.05, 0) is 24.1 Å². The predicted octanol–water partition coefficient (Wildman–Crippen LogP) is 1.61. The van der Waals surface area contributed by atoms with E-state index in [0.29, 0.717) is 6.61 Å². The van der Waals surface area contributed by atoms with Gasteiger partial charge in [-0.1, -0.05) is 31.2 Å². The number of rotatable bonds is 5. The van der Waals surface area contributed by atoms with Gasteiger partial charge in [-0.15, -0.1) is 0 Å². The van der Waals surface area contributed by atoms with Crippen molar-refractivity contribution in [2.24, 2.45) is 0 Å². The monoisotopic (exact) mass is 235 g/mol. The molecule has 3 nitrogen and oxygen atoms in total. The lowest BCUT2D eigenvalue weighted by atomic mass is 10.1. The van der Waals surface area contributed by atoms with E-state index < -0.39 is 0 Å². The van der Waals surface area contributed by atoms with Crippen molar-refractivity contribution in [1.82, 2.24) is 4.90 Å². The largest absolute Gasteiger partial charge is 0.387 e. The number of methoxy groups -OCH3 is 1. The molecule has 0 aliphatic heterocycles. The van der Waals surface area contributed by atoms with Gasteiger partial charge in [-0.3, -0.25) is 4.90 Å². The maximum Gasteiger partial charge on any atom is 0.0951 e. The first-order chi connectivity index (χ1) is 8.27. The summed E-state index contributed by atoms with van der Waals surface area (Å²) in [6.45, 7) is 4.67. The highest BCUT2D eigenvalue weighted by Gasteiger charge is 2.33. The van der Waals surface area contributed by atoms with E-state index >= 15 is 0 Å². The molecule has 1 N–H and O–H groups in total. The summed E-state index contributed by atoms with van der Waals surface area (Å²) < 4.78 is 5.12. The van der Waals surface area contributed by atoms with E-state index in [-0.39, 0.29) is 12.1 Å². The number of aliphatic hydroxyl groups is 1. The number of hydrogen-bond acceptors (Lipinski definition) is 3. The Morgan fingerprint density at radius 1 is 1.41 bits per heavy atom. The molecule has 0 aromatic heterocycles. The lowest BCUT2D eigenvalue weighted by Gasteiger charge is -2.29. The average Bonchev–Trinajstić information content (AvgIpc) is 2.69. The third-order valence-corrected chi connectivity index (χ3v) is 3.63. The first kappa shape index (κ1) is 12.6. The van der Waals surface area contributed by atoms with Crippen LogP contribution in [0.3, 0.4) is 0 Å². The molecule has 0 radical (unpaired) electrons. The molecule has 0 saturated heterocycles. The number of aliphatic hydroxyl groups excluding tert-OH is 1. The molecule has 0 spiro atoms. The minimum absolute atomic E-state index is 0.201. The second kappa shape index (κ2) is 5.63. The van der Waals surface area contributed by atoms with Crippen LogP contribution in [0.1, 0.15) is 24.2 Å². The van der Waals surface area contributed by atoms with Crippen LogP contribution >= 0.6 is 0 Å². The highest BCUT2D eigenvalue weighted by atomic mass is 16.5. The zero-order valence-electron chi connectivity index (χ0n) is 10.6. The Hall–Kier alpha value is -0.900. The van der Waals surface area contributed by atoms with Crippen molar-refractivity contribution in [3.8, 4) is 0 Å². The van der Waals surface area contributed by atoms with Gasteiger partial charge in [0.15, 0.2) is 0 Å². The van der Waals surface area contributed by atoms with Crippen LogP contribution in [-0.4, -0.2) is 42.9 Å². The molecule has 3 heteroatoms. The Morgan fingerprint density at radius 2 is 2.18 bits per heavy atom. The molecule has 0 bridgehead atoms. The first-order valence-electron chi connectivity index (χ1n) is 6.26. The molecular weight excluding hydrogens is 214 g/mol. The van der Waals surface area contributed by atoms with Crippen LogP contribution in [-0.2, 0) is 11.2 Å².